The number of anilines is 1. The van der Waals surface area contributed by atoms with E-state index in [9.17, 15) is 22.8 Å². The number of carbonyl (C=O) groups excluding carboxylic acids is 3. The van der Waals surface area contributed by atoms with Crippen molar-refractivity contribution >= 4 is 33.6 Å². The van der Waals surface area contributed by atoms with Gasteiger partial charge in [-0.2, -0.15) is 4.31 Å². The fourth-order valence-electron chi connectivity index (χ4n) is 3.91. The third-order valence-electron chi connectivity index (χ3n) is 5.56. The third-order valence-corrected chi connectivity index (χ3v) is 7.46. The molecular weight excluding hydrogens is 448 g/mol. The lowest BCUT2D eigenvalue weighted by atomic mass is 10.0. The fourth-order valence-corrected chi connectivity index (χ4v) is 5.48. The molecule has 2 aliphatic rings. The molecule has 33 heavy (non-hydrogen) atoms. The Morgan fingerprint density at radius 1 is 1.06 bits per heavy atom. The lowest BCUT2D eigenvalue weighted by Gasteiger charge is -2.26. The molecule has 1 fully saturated rings. The Balaban J connectivity index is 1.31. The van der Waals surface area contributed by atoms with Gasteiger partial charge in [-0.05, 0) is 37.1 Å². The van der Waals surface area contributed by atoms with Crippen LogP contribution in [0.4, 0.5) is 5.69 Å². The van der Waals surface area contributed by atoms with E-state index < -0.39 is 40.6 Å². The van der Waals surface area contributed by atoms with Crippen LogP contribution in [-0.4, -0.2) is 50.3 Å². The smallest absolute Gasteiger partial charge is 0.339 e. The molecule has 1 atom stereocenters. The topological polar surface area (TPSA) is 119 Å². The van der Waals surface area contributed by atoms with Gasteiger partial charge in [-0.25, -0.2) is 13.2 Å². The Kier molecular flexibility index (Phi) is 6.75. The number of carbonyl (C=O) groups is 3. The summed E-state index contributed by atoms with van der Waals surface area (Å²) in [4.78, 5) is 36.3. The predicted octanol–water partition coefficient (Wildman–Crippen LogP) is 2.64. The van der Waals surface area contributed by atoms with Gasteiger partial charge in [-0.15, -0.1) is 0 Å². The minimum absolute atomic E-state index is 0.0981. The maximum absolute atomic E-state index is 12.8. The SMILES string of the molecule is O=C(COC(=O)C[C@@H]1OC(=O)c2ccccc21)Nc1cccc(S(=O)(=O)N2CCCCC2)c1. The number of fused-ring (bicyclic) bond motifs is 1. The van der Waals surface area contributed by atoms with Crippen LogP contribution in [0.15, 0.2) is 53.4 Å². The number of nitrogens with zero attached hydrogens (tertiary/aromatic N) is 1. The third kappa shape index (κ3) is 5.23. The number of rotatable bonds is 7. The van der Waals surface area contributed by atoms with Crippen LogP contribution in [-0.2, 0) is 29.1 Å². The van der Waals surface area contributed by atoms with Gasteiger partial charge >= 0.3 is 11.9 Å². The molecule has 1 amide bonds. The first-order chi connectivity index (χ1) is 15.8. The number of piperidine rings is 1. The molecule has 2 aromatic carbocycles. The van der Waals surface area contributed by atoms with Crippen molar-refractivity contribution in [2.75, 3.05) is 25.0 Å². The highest BCUT2D eigenvalue weighted by Crippen LogP contribution is 2.33. The van der Waals surface area contributed by atoms with E-state index >= 15 is 0 Å². The number of esters is 2. The number of amides is 1. The number of ether oxygens (including phenoxy) is 2. The van der Waals surface area contributed by atoms with Gasteiger partial charge in [0.15, 0.2) is 6.61 Å². The van der Waals surface area contributed by atoms with Crippen molar-refractivity contribution in [3.63, 3.8) is 0 Å². The zero-order valence-electron chi connectivity index (χ0n) is 17.9. The number of hydrogen-bond acceptors (Lipinski definition) is 7. The Labute approximate surface area is 191 Å². The average Bonchev–Trinajstić information content (AvgIpc) is 3.14. The van der Waals surface area contributed by atoms with Crippen LogP contribution in [0.25, 0.3) is 0 Å². The first kappa shape index (κ1) is 22.9. The van der Waals surface area contributed by atoms with Crippen molar-refractivity contribution in [3.05, 3.63) is 59.7 Å². The van der Waals surface area contributed by atoms with Crippen LogP contribution in [0.3, 0.4) is 0 Å². The first-order valence-electron chi connectivity index (χ1n) is 10.7. The number of nitrogens with one attached hydrogen (secondary N) is 1. The molecule has 1 N–H and O–H groups in total. The Hall–Kier alpha value is -3.24. The van der Waals surface area contributed by atoms with E-state index in [-0.39, 0.29) is 17.0 Å². The normalized spacial score (nSPS) is 18.3. The second-order valence-corrected chi connectivity index (χ2v) is 9.82. The van der Waals surface area contributed by atoms with Gasteiger partial charge in [-0.3, -0.25) is 9.59 Å². The Morgan fingerprint density at radius 2 is 1.82 bits per heavy atom. The van der Waals surface area contributed by atoms with E-state index in [0.29, 0.717) is 24.2 Å². The summed E-state index contributed by atoms with van der Waals surface area (Å²) in [6.45, 7) is 0.412. The lowest BCUT2D eigenvalue weighted by Crippen LogP contribution is -2.35. The predicted molar refractivity (Wildman–Crippen MR) is 118 cm³/mol. The van der Waals surface area contributed by atoms with E-state index in [1.54, 1.807) is 36.4 Å². The molecule has 2 heterocycles. The standard InChI is InChI=1S/C23H24N2O7S/c26-21(15-31-22(27)14-20-18-9-2-3-10-19(18)23(28)32-20)24-16-7-6-8-17(13-16)33(29,30)25-11-4-1-5-12-25/h2-3,6-10,13,20H,1,4-5,11-12,14-15H2,(H,24,26)/t20-/m0/s1. The van der Waals surface area contributed by atoms with E-state index in [0.717, 1.165) is 19.3 Å². The van der Waals surface area contributed by atoms with Crippen LogP contribution in [0.2, 0.25) is 0 Å². The molecule has 10 heteroatoms. The molecule has 9 nitrogen and oxygen atoms in total. The van der Waals surface area contributed by atoms with Crippen LogP contribution in [0.5, 0.6) is 0 Å². The highest BCUT2D eigenvalue weighted by atomic mass is 32.2. The van der Waals surface area contributed by atoms with Crippen LogP contribution >= 0.6 is 0 Å². The number of hydrogen-bond donors (Lipinski definition) is 1. The van der Waals surface area contributed by atoms with Gasteiger partial charge in [0.1, 0.15) is 6.10 Å². The maximum Gasteiger partial charge on any atom is 0.339 e. The van der Waals surface area contributed by atoms with Gasteiger partial charge in [0.05, 0.1) is 16.9 Å². The molecule has 2 aliphatic heterocycles. The monoisotopic (exact) mass is 472 g/mol. The molecule has 0 spiro atoms. The maximum atomic E-state index is 12.8. The van der Waals surface area contributed by atoms with Crippen LogP contribution < -0.4 is 5.32 Å². The minimum Gasteiger partial charge on any atom is -0.455 e. The molecule has 4 rings (SSSR count). The van der Waals surface area contributed by atoms with Gasteiger partial charge in [-0.1, -0.05) is 30.7 Å². The van der Waals surface area contributed by atoms with Crippen molar-refractivity contribution in [1.29, 1.82) is 0 Å². The molecule has 174 valence electrons. The summed E-state index contributed by atoms with van der Waals surface area (Å²) in [6, 6.07) is 12.8. The highest BCUT2D eigenvalue weighted by Gasteiger charge is 2.32. The molecule has 0 radical (unpaired) electrons. The second-order valence-electron chi connectivity index (χ2n) is 7.89. The van der Waals surface area contributed by atoms with Crippen LogP contribution in [0, 0.1) is 0 Å². The van der Waals surface area contributed by atoms with Gasteiger partial charge < -0.3 is 14.8 Å². The molecule has 0 aromatic heterocycles. The van der Waals surface area contributed by atoms with E-state index in [1.165, 1.54) is 16.4 Å². The van der Waals surface area contributed by atoms with Crippen molar-refractivity contribution < 1.29 is 32.3 Å². The van der Waals surface area contributed by atoms with Gasteiger partial charge in [0.2, 0.25) is 10.0 Å². The summed E-state index contributed by atoms with van der Waals surface area (Å²) in [6.07, 6.45) is 1.70. The molecule has 0 saturated carbocycles. The van der Waals surface area contributed by atoms with Gasteiger partial charge in [0, 0.05) is 24.3 Å². The van der Waals surface area contributed by atoms with Crippen molar-refractivity contribution in [2.45, 2.75) is 36.7 Å². The van der Waals surface area contributed by atoms with Crippen molar-refractivity contribution in [2.24, 2.45) is 0 Å². The second kappa shape index (κ2) is 9.72. The van der Waals surface area contributed by atoms with E-state index in [1.807, 2.05) is 0 Å². The zero-order valence-corrected chi connectivity index (χ0v) is 18.7. The quantitative estimate of drug-likeness (QED) is 0.615. The molecule has 0 bridgehead atoms. The Morgan fingerprint density at radius 3 is 2.61 bits per heavy atom. The van der Waals surface area contributed by atoms with Crippen LogP contribution in [0.1, 0.15) is 47.7 Å². The number of cyclic esters (lactones) is 1. The molecule has 0 aliphatic carbocycles. The average molecular weight is 473 g/mol. The first-order valence-corrected chi connectivity index (χ1v) is 12.1. The van der Waals surface area contributed by atoms with Gasteiger partial charge in [0.25, 0.3) is 5.91 Å². The fraction of sp³-hybridized carbons (Fsp3) is 0.348. The highest BCUT2D eigenvalue weighted by molar-refractivity contribution is 7.89. The molecule has 0 unspecified atom stereocenters. The summed E-state index contributed by atoms with van der Waals surface area (Å²) in [5, 5.41) is 2.54. The van der Waals surface area contributed by atoms with E-state index in [2.05, 4.69) is 5.32 Å². The lowest BCUT2D eigenvalue weighted by molar-refractivity contribution is -0.149. The summed E-state index contributed by atoms with van der Waals surface area (Å²) in [5.41, 5.74) is 1.30. The van der Waals surface area contributed by atoms with Crippen molar-refractivity contribution in [1.82, 2.24) is 4.31 Å². The number of benzene rings is 2. The zero-order chi connectivity index (χ0) is 23.4. The summed E-state index contributed by atoms with van der Waals surface area (Å²) in [7, 11) is -3.63. The minimum atomic E-state index is -3.63. The molecular formula is C23H24N2O7S. The Bertz CT molecular complexity index is 1170. The molecule has 2 aromatic rings. The number of sulfonamides is 1. The molecule has 1 saturated heterocycles. The van der Waals surface area contributed by atoms with Crippen molar-refractivity contribution in [3.8, 4) is 0 Å². The summed E-state index contributed by atoms with van der Waals surface area (Å²) < 4.78 is 37.3. The largest absolute Gasteiger partial charge is 0.455 e. The summed E-state index contributed by atoms with van der Waals surface area (Å²) >= 11 is 0. The summed E-state index contributed by atoms with van der Waals surface area (Å²) in [5.74, 6) is -1.80. The van der Waals surface area contributed by atoms with E-state index in [4.69, 9.17) is 9.47 Å².